The Morgan fingerprint density at radius 1 is 0.311 bits per heavy atom. The highest BCUT2D eigenvalue weighted by molar-refractivity contribution is 5.71. The standard InChI is InChI=1S/C55H104O6/c1-4-7-10-13-16-19-21-22-23-24-25-26-27-28-29-30-31-32-33-34-35-37-39-42-45-48-54(57)60-51-52(50-59-53(56)47-44-41-38-18-15-12-9-6-3)61-55(58)49-46-43-40-36-20-17-14-11-8-5-2/h24-25,52H,4-23,26-51H2,1-3H3/b25-24-. The van der Waals surface area contributed by atoms with Crippen LogP contribution in [0.1, 0.15) is 303 Å². The van der Waals surface area contributed by atoms with Crippen LogP contribution in [0.25, 0.3) is 0 Å². The predicted octanol–water partition coefficient (Wildman–Crippen LogP) is 17.8. The molecule has 0 aliphatic carbocycles. The first-order valence-corrected chi connectivity index (χ1v) is 27.2. The van der Waals surface area contributed by atoms with E-state index in [0.29, 0.717) is 19.3 Å². The average Bonchev–Trinajstić information content (AvgIpc) is 3.26. The van der Waals surface area contributed by atoms with Crippen LogP contribution in [0.3, 0.4) is 0 Å². The van der Waals surface area contributed by atoms with E-state index in [2.05, 4.69) is 32.9 Å². The summed E-state index contributed by atoms with van der Waals surface area (Å²) in [4.78, 5) is 37.8. The second-order valence-corrected chi connectivity index (χ2v) is 18.5. The molecule has 0 aliphatic heterocycles. The summed E-state index contributed by atoms with van der Waals surface area (Å²) >= 11 is 0. The number of hydrogen-bond donors (Lipinski definition) is 0. The van der Waals surface area contributed by atoms with Gasteiger partial charge >= 0.3 is 17.9 Å². The second kappa shape index (κ2) is 50.8. The molecule has 61 heavy (non-hydrogen) atoms. The van der Waals surface area contributed by atoms with Crippen LogP contribution in [0.15, 0.2) is 12.2 Å². The van der Waals surface area contributed by atoms with Gasteiger partial charge < -0.3 is 14.2 Å². The first-order valence-electron chi connectivity index (χ1n) is 27.2. The summed E-state index contributed by atoms with van der Waals surface area (Å²) in [6.45, 7) is 6.63. The van der Waals surface area contributed by atoms with Gasteiger partial charge in [0.25, 0.3) is 0 Å². The Morgan fingerprint density at radius 3 is 0.820 bits per heavy atom. The minimum absolute atomic E-state index is 0.0651. The van der Waals surface area contributed by atoms with E-state index in [1.807, 2.05) is 0 Å². The van der Waals surface area contributed by atoms with Crippen LogP contribution < -0.4 is 0 Å². The third kappa shape index (κ3) is 49.0. The van der Waals surface area contributed by atoms with Gasteiger partial charge in [0.15, 0.2) is 6.10 Å². The van der Waals surface area contributed by atoms with Crippen molar-refractivity contribution in [2.24, 2.45) is 0 Å². The molecular weight excluding hydrogens is 757 g/mol. The van der Waals surface area contributed by atoms with E-state index < -0.39 is 6.10 Å². The summed E-state index contributed by atoms with van der Waals surface area (Å²) in [5.74, 6) is -0.856. The molecule has 0 aliphatic rings. The molecule has 0 aromatic heterocycles. The number of allylic oxidation sites excluding steroid dienone is 2. The third-order valence-corrected chi connectivity index (χ3v) is 12.3. The molecule has 6 heteroatoms. The van der Waals surface area contributed by atoms with Crippen LogP contribution >= 0.6 is 0 Å². The fraction of sp³-hybridized carbons (Fsp3) is 0.909. The number of ether oxygens (including phenoxy) is 3. The number of unbranched alkanes of at least 4 members (excludes halogenated alkanes) is 37. The highest BCUT2D eigenvalue weighted by atomic mass is 16.6. The molecular formula is C55H104O6. The van der Waals surface area contributed by atoms with E-state index >= 15 is 0 Å². The number of esters is 3. The fourth-order valence-corrected chi connectivity index (χ4v) is 8.14. The van der Waals surface area contributed by atoms with Gasteiger partial charge in [-0.25, -0.2) is 0 Å². The minimum atomic E-state index is -0.761. The van der Waals surface area contributed by atoms with Crippen molar-refractivity contribution in [3.8, 4) is 0 Å². The first kappa shape index (κ1) is 59.1. The predicted molar refractivity (Wildman–Crippen MR) is 261 cm³/mol. The van der Waals surface area contributed by atoms with Gasteiger partial charge in [-0.2, -0.15) is 0 Å². The summed E-state index contributed by atoms with van der Waals surface area (Å²) < 4.78 is 16.7. The van der Waals surface area contributed by atoms with Crippen LogP contribution in [0.5, 0.6) is 0 Å². The zero-order valence-corrected chi connectivity index (χ0v) is 41.2. The SMILES string of the molecule is CCCCCCCCCC/C=C\CCCCCCCCCCCCCCCC(=O)OCC(COC(=O)CCCCCCCCCC)OC(=O)CCCCCCCCCCCC. The summed E-state index contributed by atoms with van der Waals surface area (Å²) in [7, 11) is 0. The van der Waals surface area contributed by atoms with Crippen LogP contribution in [0.2, 0.25) is 0 Å². The van der Waals surface area contributed by atoms with E-state index in [4.69, 9.17) is 14.2 Å². The average molecular weight is 861 g/mol. The molecule has 0 N–H and O–H groups in total. The van der Waals surface area contributed by atoms with Crippen LogP contribution in [-0.4, -0.2) is 37.2 Å². The number of carbonyl (C=O) groups is 3. The van der Waals surface area contributed by atoms with E-state index in [-0.39, 0.29) is 31.1 Å². The number of rotatable bonds is 50. The summed E-state index contributed by atoms with van der Waals surface area (Å²) in [6.07, 6.45) is 56.6. The van der Waals surface area contributed by atoms with Crippen LogP contribution in [0.4, 0.5) is 0 Å². The van der Waals surface area contributed by atoms with Crippen molar-refractivity contribution < 1.29 is 28.6 Å². The highest BCUT2D eigenvalue weighted by Gasteiger charge is 2.19. The molecule has 0 heterocycles. The molecule has 1 unspecified atom stereocenters. The lowest BCUT2D eigenvalue weighted by molar-refractivity contribution is -0.167. The normalized spacial score (nSPS) is 12.0. The molecule has 0 spiro atoms. The maximum atomic E-state index is 12.7. The van der Waals surface area contributed by atoms with Gasteiger partial charge in [-0.05, 0) is 44.9 Å². The van der Waals surface area contributed by atoms with Crippen LogP contribution in [-0.2, 0) is 28.6 Å². The smallest absolute Gasteiger partial charge is 0.306 e. The van der Waals surface area contributed by atoms with Crippen molar-refractivity contribution in [2.45, 2.75) is 309 Å². The van der Waals surface area contributed by atoms with E-state index in [1.165, 1.54) is 205 Å². The monoisotopic (exact) mass is 861 g/mol. The fourth-order valence-electron chi connectivity index (χ4n) is 8.14. The van der Waals surface area contributed by atoms with Gasteiger partial charge in [0.1, 0.15) is 13.2 Å². The number of hydrogen-bond acceptors (Lipinski definition) is 6. The quantitative estimate of drug-likeness (QED) is 0.0262. The Kier molecular flexibility index (Phi) is 49.3. The molecule has 0 aromatic rings. The maximum Gasteiger partial charge on any atom is 0.306 e. The molecule has 0 saturated carbocycles. The van der Waals surface area contributed by atoms with E-state index in [1.54, 1.807) is 0 Å². The largest absolute Gasteiger partial charge is 0.462 e. The second-order valence-electron chi connectivity index (χ2n) is 18.5. The third-order valence-electron chi connectivity index (χ3n) is 12.3. The van der Waals surface area contributed by atoms with Crippen molar-refractivity contribution in [1.82, 2.24) is 0 Å². The lowest BCUT2D eigenvalue weighted by atomic mass is 10.0. The molecule has 0 aromatic carbocycles. The van der Waals surface area contributed by atoms with Crippen molar-refractivity contribution in [2.75, 3.05) is 13.2 Å². The topological polar surface area (TPSA) is 78.9 Å². The molecule has 360 valence electrons. The highest BCUT2D eigenvalue weighted by Crippen LogP contribution is 2.16. The zero-order chi connectivity index (χ0) is 44.4. The van der Waals surface area contributed by atoms with Gasteiger partial charge in [0.05, 0.1) is 0 Å². The van der Waals surface area contributed by atoms with Crippen LogP contribution in [0, 0.1) is 0 Å². The first-order chi connectivity index (χ1) is 30.0. The molecule has 0 saturated heterocycles. The molecule has 1 atom stereocenters. The number of carbonyl (C=O) groups excluding carboxylic acids is 3. The van der Waals surface area contributed by atoms with Crippen molar-refractivity contribution in [3.05, 3.63) is 12.2 Å². The Balaban J connectivity index is 4.05. The lowest BCUT2D eigenvalue weighted by Gasteiger charge is -2.18. The van der Waals surface area contributed by atoms with Gasteiger partial charge in [-0.1, -0.05) is 251 Å². The molecule has 6 nitrogen and oxygen atoms in total. The Labute approximate surface area is 380 Å². The minimum Gasteiger partial charge on any atom is -0.462 e. The van der Waals surface area contributed by atoms with Crippen molar-refractivity contribution in [3.63, 3.8) is 0 Å². The van der Waals surface area contributed by atoms with Gasteiger partial charge in [0.2, 0.25) is 0 Å². The van der Waals surface area contributed by atoms with Gasteiger partial charge in [-0.15, -0.1) is 0 Å². The zero-order valence-electron chi connectivity index (χ0n) is 41.2. The summed E-state index contributed by atoms with van der Waals surface area (Å²) in [6, 6.07) is 0. The Morgan fingerprint density at radius 2 is 0.541 bits per heavy atom. The summed E-state index contributed by atoms with van der Waals surface area (Å²) in [5.41, 5.74) is 0. The Bertz CT molecular complexity index is 947. The molecule has 0 fully saturated rings. The Hall–Kier alpha value is -1.85. The molecule has 0 bridgehead atoms. The molecule has 0 radical (unpaired) electrons. The van der Waals surface area contributed by atoms with Gasteiger partial charge in [0, 0.05) is 19.3 Å². The molecule has 0 rings (SSSR count). The van der Waals surface area contributed by atoms with Crippen molar-refractivity contribution in [1.29, 1.82) is 0 Å². The van der Waals surface area contributed by atoms with E-state index in [0.717, 1.165) is 57.8 Å². The lowest BCUT2D eigenvalue weighted by Crippen LogP contribution is -2.30. The summed E-state index contributed by atoms with van der Waals surface area (Å²) in [5, 5.41) is 0. The maximum absolute atomic E-state index is 12.7. The van der Waals surface area contributed by atoms with Gasteiger partial charge in [-0.3, -0.25) is 14.4 Å². The molecule has 0 amide bonds. The van der Waals surface area contributed by atoms with E-state index in [9.17, 15) is 14.4 Å². The van der Waals surface area contributed by atoms with Crippen molar-refractivity contribution >= 4 is 17.9 Å².